The number of anilines is 1. The summed E-state index contributed by atoms with van der Waals surface area (Å²) in [6, 6.07) is 12.1. The first-order valence-corrected chi connectivity index (χ1v) is 10.8. The van der Waals surface area contributed by atoms with Crippen LogP contribution >= 0.6 is 11.3 Å². The molecule has 0 radical (unpaired) electrons. The molecular weight excluding hydrogens is 400 g/mol. The molecule has 2 aromatic heterocycles. The summed E-state index contributed by atoms with van der Waals surface area (Å²) in [5, 5.41) is 8.13. The maximum Gasteiger partial charge on any atom is 0.260 e. The first kappa shape index (κ1) is 20.3. The number of benzene rings is 1. The average molecular weight is 425 g/mol. The van der Waals surface area contributed by atoms with Crippen molar-refractivity contribution in [3.05, 3.63) is 70.6 Å². The number of likely N-dealkylation sites (tertiary alicyclic amines) is 1. The molecule has 0 aliphatic carbocycles. The molecule has 0 bridgehead atoms. The molecule has 4 rings (SSSR count). The number of hydrogen-bond donors (Lipinski definition) is 2. The molecule has 0 spiro atoms. The van der Waals surface area contributed by atoms with Gasteiger partial charge in [-0.05, 0) is 25.0 Å². The first-order chi connectivity index (χ1) is 14.6. The van der Waals surface area contributed by atoms with E-state index in [4.69, 9.17) is 4.42 Å². The number of aryl methyl sites for hydroxylation is 1. The number of carbonyl (C=O) groups excluding carboxylic acids is 2. The van der Waals surface area contributed by atoms with Crippen molar-refractivity contribution in [1.29, 1.82) is 0 Å². The van der Waals surface area contributed by atoms with Crippen LogP contribution in [0, 0.1) is 6.92 Å². The molecule has 7 nitrogen and oxygen atoms in total. The van der Waals surface area contributed by atoms with Gasteiger partial charge in [0.25, 0.3) is 5.91 Å². The Morgan fingerprint density at radius 1 is 1.27 bits per heavy atom. The predicted octanol–water partition coefficient (Wildman–Crippen LogP) is 3.23. The third-order valence-electron chi connectivity index (χ3n) is 5.10. The lowest BCUT2D eigenvalue weighted by atomic mass is 10.2. The Bertz CT molecular complexity index is 1010. The Labute approximate surface area is 179 Å². The van der Waals surface area contributed by atoms with E-state index in [9.17, 15) is 9.59 Å². The summed E-state index contributed by atoms with van der Waals surface area (Å²) in [5.41, 5.74) is 2.41. The van der Waals surface area contributed by atoms with E-state index in [1.807, 2.05) is 18.2 Å². The Kier molecular flexibility index (Phi) is 6.25. The van der Waals surface area contributed by atoms with E-state index in [1.54, 1.807) is 18.4 Å². The molecule has 0 saturated carbocycles. The van der Waals surface area contributed by atoms with Gasteiger partial charge in [-0.15, -0.1) is 11.3 Å². The third kappa shape index (κ3) is 5.14. The van der Waals surface area contributed by atoms with Crippen LogP contribution in [0.3, 0.4) is 0 Å². The van der Waals surface area contributed by atoms with Gasteiger partial charge in [0.1, 0.15) is 5.76 Å². The highest BCUT2D eigenvalue weighted by atomic mass is 32.1. The molecule has 1 aromatic carbocycles. The Hall–Kier alpha value is -2.97. The minimum Gasteiger partial charge on any atom is -0.469 e. The first-order valence-electron chi connectivity index (χ1n) is 9.92. The van der Waals surface area contributed by atoms with Gasteiger partial charge in [-0.1, -0.05) is 30.3 Å². The van der Waals surface area contributed by atoms with E-state index in [1.165, 1.54) is 23.2 Å². The zero-order chi connectivity index (χ0) is 20.9. The molecular formula is C22H24N4O3S. The maximum atomic E-state index is 12.4. The largest absolute Gasteiger partial charge is 0.469 e. The van der Waals surface area contributed by atoms with E-state index in [0.29, 0.717) is 22.1 Å². The molecule has 1 fully saturated rings. The third-order valence-corrected chi connectivity index (χ3v) is 5.91. The fourth-order valence-corrected chi connectivity index (χ4v) is 4.31. The Morgan fingerprint density at radius 2 is 2.10 bits per heavy atom. The number of carbonyl (C=O) groups is 2. The molecule has 1 aliphatic heterocycles. The van der Waals surface area contributed by atoms with E-state index in [-0.39, 0.29) is 24.3 Å². The molecule has 3 aromatic rings. The smallest absolute Gasteiger partial charge is 0.260 e. The lowest BCUT2D eigenvalue weighted by Crippen LogP contribution is -2.37. The van der Waals surface area contributed by atoms with Gasteiger partial charge < -0.3 is 9.73 Å². The number of amides is 2. The molecule has 2 amide bonds. The number of furan rings is 1. The van der Waals surface area contributed by atoms with Gasteiger partial charge in [0.05, 0.1) is 23.9 Å². The van der Waals surface area contributed by atoms with Gasteiger partial charge in [0.15, 0.2) is 5.13 Å². The summed E-state index contributed by atoms with van der Waals surface area (Å²) in [6.07, 6.45) is 2.62. The molecule has 1 saturated heterocycles. The zero-order valence-electron chi connectivity index (χ0n) is 16.8. The van der Waals surface area contributed by atoms with Crippen molar-refractivity contribution in [2.45, 2.75) is 32.4 Å². The quantitative estimate of drug-likeness (QED) is 0.608. The van der Waals surface area contributed by atoms with E-state index < -0.39 is 0 Å². The van der Waals surface area contributed by atoms with Crippen LogP contribution in [0.1, 0.15) is 33.8 Å². The molecule has 8 heteroatoms. The van der Waals surface area contributed by atoms with E-state index in [0.717, 1.165) is 26.1 Å². The van der Waals surface area contributed by atoms with Gasteiger partial charge in [0, 0.05) is 31.1 Å². The average Bonchev–Trinajstić information content (AvgIpc) is 3.45. The monoisotopic (exact) mass is 424 g/mol. The molecule has 1 atom stereocenters. The second-order valence-electron chi connectivity index (χ2n) is 7.44. The van der Waals surface area contributed by atoms with E-state index >= 15 is 0 Å². The van der Waals surface area contributed by atoms with Crippen LogP contribution in [0.4, 0.5) is 5.13 Å². The highest BCUT2D eigenvalue weighted by molar-refractivity contribution is 7.14. The van der Waals surface area contributed by atoms with Crippen molar-refractivity contribution in [2.75, 3.05) is 18.4 Å². The Balaban J connectivity index is 1.24. The molecule has 1 aliphatic rings. The van der Waals surface area contributed by atoms with Gasteiger partial charge >= 0.3 is 0 Å². The van der Waals surface area contributed by atoms with Crippen LogP contribution < -0.4 is 10.6 Å². The highest BCUT2D eigenvalue weighted by Gasteiger charge is 2.24. The minimum absolute atomic E-state index is 0.0459. The number of nitrogens with zero attached hydrogens (tertiary/aromatic N) is 2. The van der Waals surface area contributed by atoms with Crippen molar-refractivity contribution < 1.29 is 14.0 Å². The summed E-state index contributed by atoms with van der Waals surface area (Å²) >= 11 is 1.31. The summed E-state index contributed by atoms with van der Waals surface area (Å²) in [5.74, 6) is 0.244. The standard InChI is InChI=1S/C22H24N4O3S/c1-15-19(8-10-29-15)21(28)25-22-24-18(14-30-22)11-20(27)23-17-7-9-26(13-17)12-16-5-3-2-4-6-16/h2-6,8,10,14,17H,7,9,11-13H2,1H3,(H,23,27)(H,24,25,28). The SMILES string of the molecule is Cc1occc1C(=O)Nc1nc(CC(=O)NC2CCN(Cc3ccccc3)C2)cs1. The summed E-state index contributed by atoms with van der Waals surface area (Å²) in [4.78, 5) is 31.4. The summed E-state index contributed by atoms with van der Waals surface area (Å²) in [7, 11) is 0. The van der Waals surface area contributed by atoms with E-state index in [2.05, 4.69) is 32.7 Å². The molecule has 30 heavy (non-hydrogen) atoms. The van der Waals surface area contributed by atoms with Crippen LogP contribution in [-0.2, 0) is 17.8 Å². The highest BCUT2D eigenvalue weighted by Crippen LogP contribution is 2.19. The van der Waals surface area contributed by atoms with Crippen LogP contribution in [0.2, 0.25) is 0 Å². The number of aromatic nitrogens is 1. The van der Waals surface area contributed by atoms with Crippen molar-refractivity contribution in [2.24, 2.45) is 0 Å². The summed E-state index contributed by atoms with van der Waals surface area (Å²) in [6.45, 7) is 4.46. The number of thiazole rings is 1. The van der Waals surface area contributed by atoms with Crippen LogP contribution in [-0.4, -0.2) is 40.8 Å². The fourth-order valence-electron chi connectivity index (χ4n) is 3.61. The van der Waals surface area contributed by atoms with Gasteiger partial charge in [-0.3, -0.25) is 19.8 Å². The van der Waals surface area contributed by atoms with Gasteiger partial charge in [0.2, 0.25) is 5.91 Å². The maximum absolute atomic E-state index is 12.4. The Morgan fingerprint density at radius 3 is 2.87 bits per heavy atom. The molecule has 2 N–H and O–H groups in total. The lowest BCUT2D eigenvalue weighted by Gasteiger charge is -2.16. The van der Waals surface area contributed by atoms with Gasteiger partial charge in [-0.2, -0.15) is 0 Å². The fraction of sp³-hybridized carbons (Fsp3) is 0.318. The molecule has 3 heterocycles. The van der Waals surface area contributed by atoms with Gasteiger partial charge in [-0.25, -0.2) is 4.98 Å². The van der Waals surface area contributed by atoms with Crippen molar-refractivity contribution >= 4 is 28.3 Å². The molecule has 1 unspecified atom stereocenters. The van der Waals surface area contributed by atoms with Crippen molar-refractivity contribution in [3.63, 3.8) is 0 Å². The van der Waals surface area contributed by atoms with Crippen LogP contribution in [0.5, 0.6) is 0 Å². The molecule has 156 valence electrons. The second-order valence-corrected chi connectivity index (χ2v) is 8.30. The minimum atomic E-state index is -0.268. The number of hydrogen-bond acceptors (Lipinski definition) is 6. The number of nitrogens with one attached hydrogen (secondary N) is 2. The normalized spacial score (nSPS) is 16.5. The lowest BCUT2D eigenvalue weighted by molar-refractivity contribution is -0.121. The second kappa shape index (κ2) is 9.23. The van der Waals surface area contributed by atoms with Crippen molar-refractivity contribution in [1.82, 2.24) is 15.2 Å². The number of rotatable bonds is 7. The van der Waals surface area contributed by atoms with Crippen LogP contribution in [0.15, 0.2) is 52.5 Å². The van der Waals surface area contributed by atoms with Crippen LogP contribution in [0.25, 0.3) is 0 Å². The van der Waals surface area contributed by atoms with Crippen molar-refractivity contribution in [3.8, 4) is 0 Å². The zero-order valence-corrected chi connectivity index (χ0v) is 17.6. The predicted molar refractivity (Wildman–Crippen MR) is 115 cm³/mol. The summed E-state index contributed by atoms with van der Waals surface area (Å²) < 4.78 is 5.15. The topological polar surface area (TPSA) is 87.5 Å².